The lowest BCUT2D eigenvalue weighted by Gasteiger charge is -2.15. The normalized spacial score (nSPS) is 16.6. The molecule has 23 heavy (non-hydrogen) atoms. The molecule has 1 atom stereocenters. The van der Waals surface area contributed by atoms with E-state index in [0.29, 0.717) is 0 Å². The Morgan fingerprint density at radius 2 is 1.83 bits per heavy atom. The van der Waals surface area contributed by atoms with Crippen LogP contribution in [0.1, 0.15) is 35.6 Å². The minimum absolute atomic E-state index is 0.124. The molecule has 0 saturated carbocycles. The lowest BCUT2D eigenvalue weighted by atomic mass is 10.0. The molecular formula is C20H19NO2. The molecule has 0 spiro atoms. The van der Waals surface area contributed by atoms with E-state index in [1.165, 1.54) is 27.7 Å². The Morgan fingerprint density at radius 1 is 1.09 bits per heavy atom. The van der Waals surface area contributed by atoms with E-state index in [1.807, 2.05) is 6.07 Å². The number of aromatic nitrogens is 1. The first kappa shape index (κ1) is 14.1. The summed E-state index contributed by atoms with van der Waals surface area (Å²) in [6.45, 7) is 0.798. The van der Waals surface area contributed by atoms with Crippen molar-refractivity contribution in [3.05, 3.63) is 71.4 Å². The van der Waals surface area contributed by atoms with Gasteiger partial charge in [0.2, 0.25) is 0 Å². The summed E-state index contributed by atoms with van der Waals surface area (Å²) in [4.78, 5) is 11.2. The summed E-state index contributed by atoms with van der Waals surface area (Å²) in [5.41, 5.74) is 5.05. The molecule has 1 N–H and O–H groups in total. The van der Waals surface area contributed by atoms with Crippen LogP contribution in [0, 0.1) is 0 Å². The van der Waals surface area contributed by atoms with Gasteiger partial charge in [-0.05, 0) is 30.0 Å². The number of hydrogen-bond donors (Lipinski definition) is 1. The Balaban J connectivity index is 1.86. The van der Waals surface area contributed by atoms with Crippen molar-refractivity contribution in [2.75, 3.05) is 0 Å². The second kappa shape index (κ2) is 5.58. The van der Waals surface area contributed by atoms with Crippen molar-refractivity contribution in [2.45, 2.75) is 31.7 Å². The van der Waals surface area contributed by atoms with E-state index >= 15 is 0 Å². The highest BCUT2D eigenvalue weighted by Gasteiger charge is 2.31. The standard InChI is InChI=1S/C20H19NO2/c22-19(23)12-15-10-11-17-16-8-4-5-9-18(16)21(20(15)17)13-14-6-2-1-3-7-14/h1-9,15H,10-13H2,(H,22,23)/t15-/m0/s1. The summed E-state index contributed by atoms with van der Waals surface area (Å²) in [6, 6.07) is 18.8. The first-order chi connectivity index (χ1) is 11.2. The molecule has 1 aliphatic carbocycles. The van der Waals surface area contributed by atoms with E-state index in [0.717, 1.165) is 19.4 Å². The van der Waals surface area contributed by atoms with Crippen molar-refractivity contribution in [1.29, 1.82) is 0 Å². The fourth-order valence-electron chi connectivity index (χ4n) is 3.93. The number of aryl methyl sites for hydroxylation is 1. The molecule has 0 unspecified atom stereocenters. The van der Waals surface area contributed by atoms with Gasteiger partial charge in [-0.3, -0.25) is 4.79 Å². The van der Waals surface area contributed by atoms with Crippen LogP contribution in [0.4, 0.5) is 0 Å². The molecule has 1 aliphatic rings. The van der Waals surface area contributed by atoms with Crippen molar-refractivity contribution in [3.63, 3.8) is 0 Å². The fraction of sp³-hybridized carbons (Fsp3) is 0.250. The molecule has 1 aromatic heterocycles. The highest BCUT2D eigenvalue weighted by Crippen LogP contribution is 2.42. The molecular weight excluding hydrogens is 286 g/mol. The van der Waals surface area contributed by atoms with Crippen molar-refractivity contribution in [3.8, 4) is 0 Å². The Bertz CT molecular complexity index is 864. The first-order valence-corrected chi connectivity index (χ1v) is 8.10. The maximum atomic E-state index is 11.2. The smallest absolute Gasteiger partial charge is 0.304 e. The summed E-state index contributed by atoms with van der Waals surface area (Å²) < 4.78 is 2.33. The number of para-hydroxylation sites is 1. The Labute approximate surface area is 135 Å². The van der Waals surface area contributed by atoms with E-state index in [2.05, 4.69) is 53.1 Å². The molecule has 0 amide bonds. The number of benzene rings is 2. The lowest BCUT2D eigenvalue weighted by molar-refractivity contribution is -0.137. The zero-order chi connectivity index (χ0) is 15.8. The number of fused-ring (bicyclic) bond motifs is 3. The summed E-state index contributed by atoms with van der Waals surface area (Å²) in [5.74, 6) is -0.585. The van der Waals surface area contributed by atoms with Crippen molar-refractivity contribution in [2.24, 2.45) is 0 Å². The highest BCUT2D eigenvalue weighted by molar-refractivity contribution is 5.87. The van der Waals surface area contributed by atoms with Crippen LogP contribution in [-0.4, -0.2) is 15.6 Å². The van der Waals surface area contributed by atoms with Crippen LogP contribution in [0.15, 0.2) is 54.6 Å². The third-order valence-corrected chi connectivity index (χ3v) is 4.85. The molecule has 2 aromatic carbocycles. The molecule has 0 aliphatic heterocycles. The van der Waals surface area contributed by atoms with Gasteiger partial charge in [-0.15, -0.1) is 0 Å². The maximum absolute atomic E-state index is 11.2. The molecule has 3 aromatic rings. The predicted molar refractivity (Wildman–Crippen MR) is 90.8 cm³/mol. The van der Waals surface area contributed by atoms with Crippen LogP contribution in [-0.2, 0) is 17.8 Å². The average molecular weight is 305 g/mol. The molecule has 4 rings (SSSR count). The van der Waals surface area contributed by atoms with Crippen LogP contribution in [0.2, 0.25) is 0 Å². The van der Waals surface area contributed by atoms with Gasteiger partial charge in [-0.1, -0.05) is 48.5 Å². The number of rotatable bonds is 4. The third-order valence-electron chi connectivity index (χ3n) is 4.85. The van der Waals surface area contributed by atoms with Gasteiger partial charge in [0.05, 0.1) is 6.42 Å². The molecule has 0 fully saturated rings. The average Bonchev–Trinajstić information content (AvgIpc) is 3.09. The molecule has 3 heteroatoms. The second-order valence-electron chi connectivity index (χ2n) is 6.29. The van der Waals surface area contributed by atoms with Crippen molar-refractivity contribution >= 4 is 16.9 Å². The Kier molecular flexibility index (Phi) is 3.41. The zero-order valence-corrected chi connectivity index (χ0v) is 12.9. The van der Waals surface area contributed by atoms with Crippen molar-refractivity contribution in [1.82, 2.24) is 4.57 Å². The van der Waals surface area contributed by atoms with E-state index in [9.17, 15) is 9.90 Å². The minimum Gasteiger partial charge on any atom is -0.481 e. The molecule has 0 saturated heterocycles. The summed E-state index contributed by atoms with van der Waals surface area (Å²) in [7, 11) is 0. The maximum Gasteiger partial charge on any atom is 0.304 e. The number of aliphatic carboxylic acids is 1. The third kappa shape index (κ3) is 2.42. The number of nitrogens with zero attached hydrogens (tertiary/aromatic N) is 1. The van der Waals surface area contributed by atoms with Gasteiger partial charge in [-0.25, -0.2) is 0 Å². The molecule has 1 heterocycles. The number of carboxylic acids is 1. The van der Waals surface area contributed by atoms with E-state index < -0.39 is 5.97 Å². The number of hydrogen-bond acceptors (Lipinski definition) is 1. The minimum atomic E-state index is -0.709. The summed E-state index contributed by atoms with van der Waals surface area (Å²) in [5, 5.41) is 10.5. The van der Waals surface area contributed by atoms with Crippen LogP contribution < -0.4 is 0 Å². The Hall–Kier alpha value is -2.55. The van der Waals surface area contributed by atoms with E-state index in [4.69, 9.17) is 0 Å². The Morgan fingerprint density at radius 3 is 2.61 bits per heavy atom. The van der Waals surface area contributed by atoms with Gasteiger partial charge in [0, 0.05) is 29.1 Å². The summed E-state index contributed by atoms with van der Waals surface area (Å²) in [6.07, 6.45) is 2.14. The van der Waals surface area contributed by atoms with Gasteiger partial charge in [0.15, 0.2) is 0 Å². The second-order valence-corrected chi connectivity index (χ2v) is 6.29. The van der Waals surface area contributed by atoms with Gasteiger partial charge < -0.3 is 9.67 Å². The van der Waals surface area contributed by atoms with E-state index in [-0.39, 0.29) is 12.3 Å². The SMILES string of the molecule is O=C(O)C[C@@H]1CCc2c1n(Cc1ccccc1)c1ccccc21. The fourth-order valence-corrected chi connectivity index (χ4v) is 3.93. The number of carbonyl (C=O) groups is 1. The molecule has 0 radical (unpaired) electrons. The molecule has 3 nitrogen and oxygen atoms in total. The summed E-state index contributed by atoms with van der Waals surface area (Å²) >= 11 is 0. The van der Waals surface area contributed by atoms with Crippen LogP contribution >= 0.6 is 0 Å². The van der Waals surface area contributed by atoms with Crippen LogP contribution in [0.5, 0.6) is 0 Å². The van der Waals surface area contributed by atoms with Gasteiger partial charge in [0.1, 0.15) is 0 Å². The van der Waals surface area contributed by atoms with Crippen LogP contribution in [0.25, 0.3) is 10.9 Å². The van der Waals surface area contributed by atoms with Gasteiger partial charge in [0.25, 0.3) is 0 Å². The van der Waals surface area contributed by atoms with Crippen molar-refractivity contribution < 1.29 is 9.90 Å². The number of carboxylic acid groups (broad SMARTS) is 1. The lowest BCUT2D eigenvalue weighted by Crippen LogP contribution is -2.10. The zero-order valence-electron chi connectivity index (χ0n) is 12.9. The first-order valence-electron chi connectivity index (χ1n) is 8.10. The molecule has 116 valence electrons. The van der Waals surface area contributed by atoms with Crippen LogP contribution in [0.3, 0.4) is 0 Å². The highest BCUT2D eigenvalue weighted by atomic mass is 16.4. The van der Waals surface area contributed by atoms with Gasteiger partial charge in [-0.2, -0.15) is 0 Å². The largest absolute Gasteiger partial charge is 0.481 e. The predicted octanol–water partition coefficient (Wildman–Crippen LogP) is 4.19. The molecule has 0 bridgehead atoms. The van der Waals surface area contributed by atoms with E-state index in [1.54, 1.807) is 0 Å². The monoisotopic (exact) mass is 305 g/mol. The van der Waals surface area contributed by atoms with Gasteiger partial charge >= 0.3 is 5.97 Å². The topological polar surface area (TPSA) is 42.2 Å². The quantitative estimate of drug-likeness (QED) is 0.785.